The summed E-state index contributed by atoms with van der Waals surface area (Å²) in [7, 11) is 0. The van der Waals surface area contributed by atoms with Gasteiger partial charge in [0.25, 0.3) is 5.91 Å². The number of nitrogens with zero attached hydrogens (tertiary/aromatic N) is 2. The lowest BCUT2D eigenvalue weighted by Crippen LogP contribution is -2.18. The molecule has 7 heteroatoms. The second-order valence-electron chi connectivity index (χ2n) is 3.18. The molecular weight excluding hydrogens is 258 g/mol. The Balaban J connectivity index is 2.09. The van der Waals surface area contributed by atoms with Gasteiger partial charge in [0.15, 0.2) is 5.13 Å². The number of nitrogens with one attached hydrogen (secondary N) is 1. The van der Waals surface area contributed by atoms with Gasteiger partial charge in [0.2, 0.25) is 0 Å². The zero-order chi connectivity index (χ0) is 12.3. The van der Waals surface area contributed by atoms with Gasteiger partial charge in [-0.05, 0) is 6.92 Å². The number of rotatable bonds is 2. The second kappa shape index (κ2) is 5.21. The van der Waals surface area contributed by atoms with Crippen molar-refractivity contribution in [1.82, 2.24) is 4.98 Å². The summed E-state index contributed by atoms with van der Waals surface area (Å²) >= 11 is 2.62. The standard InChI is InChI=1S/C10H9N3O2S2/c1-6-8(16-3-2-15-6)9(14)13-10-12-5-7(4-11)17-10/h5H,2-3H2,1H3,(H,12,13,14). The number of hydrogen-bond acceptors (Lipinski definition) is 6. The van der Waals surface area contributed by atoms with E-state index in [1.165, 1.54) is 18.0 Å². The van der Waals surface area contributed by atoms with Crippen molar-refractivity contribution in [2.24, 2.45) is 0 Å². The van der Waals surface area contributed by atoms with Crippen molar-refractivity contribution in [3.8, 4) is 6.07 Å². The lowest BCUT2D eigenvalue weighted by Gasteiger charge is -2.17. The molecule has 1 aromatic heterocycles. The van der Waals surface area contributed by atoms with Crippen LogP contribution < -0.4 is 5.32 Å². The minimum absolute atomic E-state index is 0.231. The number of amides is 1. The minimum Gasteiger partial charge on any atom is -0.496 e. The average molecular weight is 267 g/mol. The third-order valence-corrected chi connectivity index (χ3v) is 3.96. The van der Waals surface area contributed by atoms with Gasteiger partial charge in [-0.25, -0.2) is 4.98 Å². The highest BCUT2D eigenvalue weighted by atomic mass is 32.2. The zero-order valence-electron chi connectivity index (χ0n) is 9.02. The number of thioether (sulfide) groups is 1. The monoisotopic (exact) mass is 267 g/mol. The number of carbonyl (C=O) groups excluding carboxylic acids is 1. The van der Waals surface area contributed by atoms with Crippen molar-refractivity contribution in [2.45, 2.75) is 6.92 Å². The molecule has 1 N–H and O–H groups in total. The summed E-state index contributed by atoms with van der Waals surface area (Å²) < 4.78 is 5.30. The molecule has 0 saturated heterocycles. The number of allylic oxidation sites excluding steroid dienone is 1. The number of carbonyl (C=O) groups is 1. The van der Waals surface area contributed by atoms with E-state index in [0.717, 1.165) is 17.1 Å². The molecule has 0 saturated carbocycles. The zero-order valence-corrected chi connectivity index (χ0v) is 10.7. The Kier molecular flexibility index (Phi) is 3.66. The fourth-order valence-corrected chi connectivity index (χ4v) is 2.69. The number of anilines is 1. The van der Waals surface area contributed by atoms with E-state index in [9.17, 15) is 4.79 Å². The van der Waals surface area contributed by atoms with Gasteiger partial charge in [0, 0.05) is 5.75 Å². The number of nitriles is 1. The van der Waals surface area contributed by atoms with Crippen LogP contribution in [0.25, 0.3) is 0 Å². The lowest BCUT2D eigenvalue weighted by molar-refractivity contribution is -0.112. The predicted octanol–water partition coefficient (Wildman–Crippen LogP) is 1.95. The summed E-state index contributed by atoms with van der Waals surface area (Å²) in [6.07, 6.45) is 1.44. The highest BCUT2D eigenvalue weighted by Gasteiger charge is 2.19. The Morgan fingerprint density at radius 1 is 1.71 bits per heavy atom. The van der Waals surface area contributed by atoms with Crippen molar-refractivity contribution in [3.05, 3.63) is 21.7 Å². The van der Waals surface area contributed by atoms with Gasteiger partial charge < -0.3 is 4.74 Å². The van der Waals surface area contributed by atoms with E-state index in [2.05, 4.69) is 10.3 Å². The number of hydrogen-bond donors (Lipinski definition) is 1. The van der Waals surface area contributed by atoms with E-state index in [0.29, 0.717) is 27.3 Å². The molecule has 0 bridgehead atoms. The van der Waals surface area contributed by atoms with Gasteiger partial charge in [-0.1, -0.05) is 11.3 Å². The molecular formula is C10H9N3O2S2. The average Bonchev–Trinajstić information content (AvgIpc) is 2.77. The van der Waals surface area contributed by atoms with Gasteiger partial charge in [-0.2, -0.15) is 5.26 Å². The number of thiazole rings is 1. The number of ether oxygens (including phenoxy) is 1. The van der Waals surface area contributed by atoms with Crippen LogP contribution in [0.2, 0.25) is 0 Å². The van der Waals surface area contributed by atoms with Gasteiger partial charge >= 0.3 is 0 Å². The van der Waals surface area contributed by atoms with E-state index < -0.39 is 0 Å². The third kappa shape index (κ3) is 2.78. The van der Waals surface area contributed by atoms with Gasteiger partial charge in [0.05, 0.1) is 12.8 Å². The van der Waals surface area contributed by atoms with Crippen LogP contribution in [0, 0.1) is 11.3 Å². The van der Waals surface area contributed by atoms with Crippen LogP contribution in [0.15, 0.2) is 16.9 Å². The first-order chi connectivity index (χ1) is 8.20. The summed E-state index contributed by atoms with van der Waals surface area (Å²) in [5, 5.41) is 11.7. The topological polar surface area (TPSA) is 75.0 Å². The molecule has 0 fully saturated rings. The molecule has 2 rings (SSSR count). The summed E-state index contributed by atoms with van der Waals surface area (Å²) in [5.41, 5.74) is 0. The molecule has 17 heavy (non-hydrogen) atoms. The molecule has 0 spiro atoms. The number of aromatic nitrogens is 1. The van der Waals surface area contributed by atoms with Crippen molar-refractivity contribution < 1.29 is 9.53 Å². The van der Waals surface area contributed by atoms with E-state index >= 15 is 0 Å². The van der Waals surface area contributed by atoms with Crippen LogP contribution in [-0.2, 0) is 9.53 Å². The molecule has 1 aliphatic heterocycles. The van der Waals surface area contributed by atoms with Crippen molar-refractivity contribution >= 4 is 34.1 Å². The molecule has 1 amide bonds. The molecule has 0 aromatic carbocycles. The van der Waals surface area contributed by atoms with Crippen LogP contribution in [0.5, 0.6) is 0 Å². The maximum atomic E-state index is 11.9. The van der Waals surface area contributed by atoms with Crippen molar-refractivity contribution in [2.75, 3.05) is 17.7 Å². The van der Waals surface area contributed by atoms with E-state index in [1.807, 2.05) is 6.07 Å². The third-order valence-electron chi connectivity index (χ3n) is 2.01. The Hall–Kier alpha value is -1.52. The fraction of sp³-hybridized carbons (Fsp3) is 0.300. The van der Waals surface area contributed by atoms with Crippen LogP contribution in [0.1, 0.15) is 11.8 Å². The summed E-state index contributed by atoms with van der Waals surface area (Å²) in [6.45, 7) is 2.40. The maximum Gasteiger partial charge on any atom is 0.267 e. The molecule has 0 atom stereocenters. The Morgan fingerprint density at radius 3 is 3.18 bits per heavy atom. The Labute approximate surface area is 106 Å². The SMILES string of the molecule is CC1=C(C(=O)Nc2ncc(C#N)s2)SCCO1. The normalized spacial score (nSPS) is 15.1. The minimum atomic E-state index is -0.231. The molecule has 2 heterocycles. The van der Waals surface area contributed by atoms with Crippen LogP contribution in [-0.4, -0.2) is 23.3 Å². The summed E-state index contributed by atoms with van der Waals surface area (Å²) in [5.74, 6) is 1.17. The van der Waals surface area contributed by atoms with Gasteiger partial charge in [0.1, 0.15) is 21.6 Å². The first kappa shape index (κ1) is 12.0. The van der Waals surface area contributed by atoms with Crippen molar-refractivity contribution in [3.63, 3.8) is 0 Å². The molecule has 0 unspecified atom stereocenters. The van der Waals surface area contributed by atoms with E-state index in [-0.39, 0.29) is 5.91 Å². The second-order valence-corrected chi connectivity index (χ2v) is 5.31. The van der Waals surface area contributed by atoms with E-state index in [1.54, 1.807) is 6.92 Å². The quantitative estimate of drug-likeness (QED) is 0.886. The maximum absolute atomic E-state index is 11.9. The first-order valence-corrected chi connectivity index (χ1v) is 6.64. The first-order valence-electron chi connectivity index (χ1n) is 4.84. The highest BCUT2D eigenvalue weighted by Crippen LogP contribution is 2.27. The molecule has 5 nitrogen and oxygen atoms in total. The smallest absolute Gasteiger partial charge is 0.267 e. The molecule has 1 aromatic rings. The Bertz CT molecular complexity index is 516. The molecule has 0 radical (unpaired) electrons. The van der Waals surface area contributed by atoms with Gasteiger partial charge in [-0.15, -0.1) is 11.8 Å². The Morgan fingerprint density at radius 2 is 2.53 bits per heavy atom. The van der Waals surface area contributed by atoms with E-state index in [4.69, 9.17) is 10.00 Å². The van der Waals surface area contributed by atoms with Crippen LogP contribution in [0.4, 0.5) is 5.13 Å². The molecule has 0 aliphatic carbocycles. The largest absolute Gasteiger partial charge is 0.496 e. The summed E-state index contributed by atoms with van der Waals surface area (Å²) in [6, 6.07) is 1.97. The van der Waals surface area contributed by atoms with Crippen LogP contribution in [0.3, 0.4) is 0 Å². The summed E-state index contributed by atoms with van der Waals surface area (Å²) in [4.78, 5) is 16.9. The van der Waals surface area contributed by atoms with Gasteiger partial charge in [-0.3, -0.25) is 10.1 Å². The highest BCUT2D eigenvalue weighted by molar-refractivity contribution is 8.04. The molecule has 1 aliphatic rings. The molecule has 88 valence electrons. The predicted molar refractivity (Wildman–Crippen MR) is 66.6 cm³/mol. The fourth-order valence-electron chi connectivity index (χ4n) is 1.27. The lowest BCUT2D eigenvalue weighted by atomic mass is 10.4. The van der Waals surface area contributed by atoms with Crippen LogP contribution >= 0.6 is 23.1 Å². The van der Waals surface area contributed by atoms with Crippen molar-refractivity contribution in [1.29, 1.82) is 5.26 Å².